The van der Waals surface area contributed by atoms with Crippen molar-refractivity contribution >= 4 is 184 Å². The van der Waals surface area contributed by atoms with E-state index < -0.39 is 47.4 Å². The number of azo groups is 3. The van der Waals surface area contributed by atoms with Crippen LogP contribution in [0.3, 0.4) is 0 Å². The van der Waals surface area contributed by atoms with E-state index in [9.17, 15) is 36.7 Å². The Morgan fingerprint density at radius 2 is 1.40 bits per heavy atom. The summed E-state index contributed by atoms with van der Waals surface area (Å²) in [4.78, 5) is 17.7. The van der Waals surface area contributed by atoms with Crippen molar-refractivity contribution in [2.45, 2.75) is 60.3 Å². The molecule has 6 aromatic rings. The average Bonchev–Trinajstić information content (AvgIpc) is 1.38. The number of nitrogen functional groups attached to an aromatic ring is 1. The molecule has 5 aliphatic heterocycles. The molecule has 492 valence electrons. The number of anilines is 3. The third-order valence-electron chi connectivity index (χ3n) is 16.0. The van der Waals surface area contributed by atoms with Crippen LogP contribution in [-0.4, -0.2) is 114 Å². The molecule has 0 spiro atoms. The van der Waals surface area contributed by atoms with Gasteiger partial charge >= 0.3 is 0 Å². The SMILES string of the molecule is CN(C)CCCNCCCc1ccc(N=Nc2c(SOOO)cc3cc(S(=O)(=O)O)c(N=Nc4ccc(S(=O)(=O)Nc5ccc(N=NC6=C(N)C(O)=C7SSc8c9c(cc%10c8SC7C6=[NH+]%10)[NH+]=C6C7=C8SC%10C(=[NH+]C8=CC6N9)C=C(N)C(O)=C%10SS7)cc5)cc4)c(N)c3c2O)cc1. The van der Waals surface area contributed by atoms with E-state index in [-0.39, 0.29) is 71.8 Å². The largest absolute Gasteiger partial charge is 0.505 e. The van der Waals surface area contributed by atoms with Crippen LogP contribution in [0.2, 0.25) is 0 Å². The lowest BCUT2D eigenvalue weighted by Gasteiger charge is -2.28. The van der Waals surface area contributed by atoms with Gasteiger partial charge in [-0.05, 0) is 158 Å². The minimum Gasteiger partial charge on any atom is -0.505 e. The molecule has 3 unspecified atom stereocenters. The smallest absolute Gasteiger partial charge is 0.296 e. The summed E-state index contributed by atoms with van der Waals surface area (Å²) in [6, 6.07) is 22.6. The summed E-state index contributed by atoms with van der Waals surface area (Å²) in [6.07, 6.45) is 6.78. The Balaban J connectivity index is 0.664. The van der Waals surface area contributed by atoms with E-state index in [4.69, 9.17) is 22.5 Å². The van der Waals surface area contributed by atoms with Crippen LogP contribution in [0.5, 0.6) is 5.75 Å². The molecule has 0 fully saturated rings. The summed E-state index contributed by atoms with van der Waals surface area (Å²) in [7, 11) is 0.825. The Bertz CT molecular complexity index is 4960. The minimum absolute atomic E-state index is 0.00680. The molecule has 4 bridgehead atoms. The topological polar surface area (TPSA) is 421 Å². The highest BCUT2D eigenvalue weighted by atomic mass is 33.1. The van der Waals surface area contributed by atoms with Crippen molar-refractivity contribution in [2.24, 2.45) is 42.2 Å². The number of rotatable bonds is 21. The van der Waals surface area contributed by atoms with Gasteiger partial charge in [-0.3, -0.25) is 9.27 Å². The Kier molecular flexibility index (Phi) is 18.2. The fourth-order valence-electron chi connectivity index (χ4n) is 11.3. The first-order valence-electron chi connectivity index (χ1n) is 29.1. The molecule has 0 aromatic heterocycles. The Morgan fingerprint density at radius 1 is 0.719 bits per heavy atom. The number of phenols is 1. The summed E-state index contributed by atoms with van der Waals surface area (Å²) in [5.41, 5.74) is 26.9. The molecule has 3 aliphatic carbocycles. The van der Waals surface area contributed by atoms with Crippen LogP contribution in [0.15, 0.2) is 212 Å². The van der Waals surface area contributed by atoms with Crippen molar-refractivity contribution in [3.8, 4) is 5.75 Å². The Hall–Kier alpha value is -7.66. The van der Waals surface area contributed by atoms with Crippen LogP contribution in [0.1, 0.15) is 18.4 Å². The quantitative estimate of drug-likeness (QED) is 0.00468. The first-order valence-corrected chi connectivity index (χ1v) is 38.8. The Morgan fingerprint density at radius 3 is 2.12 bits per heavy atom. The molecule has 0 saturated heterocycles. The monoisotopic (exact) mass is 1460 g/mol. The number of allylic oxidation sites excluding steroid dienone is 2. The fourth-order valence-corrected chi connectivity index (χ4v) is 22.8. The van der Waals surface area contributed by atoms with E-state index >= 15 is 0 Å². The number of nitrogens with zero attached hydrogens (tertiary/aromatic N) is 7. The predicted molar refractivity (Wildman–Crippen MR) is 376 cm³/mol. The number of aromatic hydroxyl groups is 1. The van der Waals surface area contributed by atoms with E-state index in [1.807, 2.05) is 32.3 Å². The third kappa shape index (κ3) is 12.7. The van der Waals surface area contributed by atoms with E-state index in [1.165, 1.54) is 74.8 Å². The Labute approximate surface area is 576 Å². The van der Waals surface area contributed by atoms with Gasteiger partial charge in [0.05, 0.1) is 81.3 Å². The number of phenolic OH excluding ortho intramolecular Hbond substituents is 1. The highest BCUT2D eigenvalue weighted by Gasteiger charge is 2.51. The number of aliphatic hydroxyl groups is 2. The van der Waals surface area contributed by atoms with Crippen molar-refractivity contribution < 1.29 is 66.3 Å². The van der Waals surface area contributed by atoms with Crippen molar-refractivity contribution in [1.82, 2.24) is 10.2 Å². The highest BCUT2D eigenvalue weighted by Crippen LogP contribution is 2.60. The average molecular weight is 1460 g/mol. The fraction of sp³-hybridized carbons (Fsp3) is 0.183. The van der Waals surface area contributed by atoms with Crippen molar-refractivity contribution in [3.05, 3.63) is 163 Å². The molecular weight excluding hydrogens is 1410 g/mol. The number of nitrogens with two attached hydrogens (primary N) is 3. The number of thioether (sulfide) groups is 2. The zero-order valence-electron chi connectivity index (χ0n) is 50.0. The second-order valence-corrected chi connectivity index (χ2v) is 33.0. The molecule has 96 heavy (non-hydrogen) atoms. The lowest BCUT2D eigenvalue weighted by atomic mass is 9.99. The number of fused-ring (bicyclic) bond motifs is 5. The number of sulfonamides is 1. The zero-order valence-corrected chi connectivity index (χ0v) is 57.4. The lowest BCUT2D eigenvalue weighted by molar-refractivity contribution is -0.432. The standard InChI is InChI=1S/C60H52N16O11S9/c1-76(2)20-4-19-64-18-3-5-26-6-8-28(9-7-26)69-72-46-39(90-87-86-80)21-27-22-40(96(83,84)85)47(42(62)41(27)51(46)78)73-70-30-14-16-32(17-15-30)95(81,82)75-31-12-10-29(11-13-31)71-74-48-43(63)52(79)60-56-49(48)68-38-25-35-45(58(92-94-60)54(38)89-56)66-34-24-37-53-57(44(34)67-35)91-93-59-50(77)33(61)23-36(65-37)55(59)88-53/h6-17,21-25,34,55-56,64,66,75,77-80H,3-5,18-20,61-63H2,1-2H3,(H,83,84,85)/p+3. The number of aryl methyl sites for hydroxylation is 1. The molecule has 27 nitrogen and oxygen atoms in total. The molecule has 0 saturated carbocycles. The molecule has 0 amide bonds. The first-order chi connectivity index (χ1) is 46.2. The molecule has 6 aromatic carbocycles. The second-order valence-electron chi connectivity index (χ2n) is 22.6. The molecule has 14 rings (SSSR count). The number of benzene rings is 6. The maximum atomic E-state index is 13.7. The molecule has 0 radical (unpaired) electrons. The van der Waals surface area contributed by atoms with Gasteiger partial charge in [-0.15, -0.1) is 19.7 Å². The van der Waals surface area contributed by atoms with Gasteiger partial charge < -0.3 is 48.1 Å². The molecule has 36 heteroatoms. The van der Waals surface area contributed by atoms with E-state index in [0.717, 1.165) is 109 Å². The predicted octanol–water partition coefficient (Wildman–Crippen LogP) is 8.74. The van der Waals surface area contributed by atoms with Gasteiger partial charge in [0.15, 0.2) is 23.0 Å². The van der Waals surface area contributed by atoms with Crippen LogP contribution in [0.25, 0.3) is 10.8 Å². The van der Waals surface area contributed by atoms with Crippen molar-refractivity contribution in [3.63, 3.8) is 0 Å². The van der Waals surface area contributed by atoms with E-state index in [2.05, 4.69) is 81.4 Å². The molecule has 17 N–H and O–H groups in total. The molecule has 3 atom stereocenters. The van der Waals surface area contributed by atoms with Crippen molar-refractivity contribution in [1.29, 1.82) is 0 Å². The van der Waals surface area contributed by atoms with Gasteiger partial charge in [-0.25, -0.2) is 28.7 Å². The van der Waals surface area contributed by atoms with E-state index in [0.29, 0.717) is 39.7 Å². The van der Waals surface area contributed by atoms with Gasteiger partial charge in [0.2, 0.25) is 34.2 Å². The summed E-state index contributed by atoms with van der Waals surface area (Å²) in [5.74, 6) is -0.611. The van der Waals surface area contributed by atoms with Gasteiger partial charge in [0, 0.05) is 17.8 Å². The summed E-state index contributed by atoms with van der Waals surface area (Å²) in [5, 5.41) is 79.5. The zero-order chi connectivity index (χ0) is 66.9. The highest BCUT2D eigenvalue weighted by molar-refractivity contribution is 8.80. The third-order valence-corrected chi connectivity index (χ3v) is 27.3. The first kappa shape index (κ1) is 65.6. The minimum atomic E-state index is -5.07. The van der Waals surface area contributed by atoms with Gasteiger partial charge in [-0.1, -0.05) is 62.3 Å². The number of nitrogens with one attached hydrogen (secondary N) is 6. The second kappa shape index (κ2) is 26.6. The van der Waals surface area contributed by atoms with Crippen LogP contribution in [-0.2, 0) is 35.9 Å². The lowest BCUT2D eigenvalue weighted by Crippen LogP contribution is -2.78. The van der Waals surface area contributed by atoms with Crippen LogP contribution in [0, 0.1) is 0 Å². The summed E-state index contributed by atoms with van der Waals surface area (Å²) < 4.78 is 70.8. The maximum Gasteiger partial charge on any atom is 0.296 e. The van der Waals surface area contributed by atoms with E-state index in [1.54, 1.807) is 64.7 Å². The summed E-state index contributed by atoms with van der Waals surface area (Å²) >= 11 is 3.67. The molecule has 8 aliphatic rings. The molecule has 5 heterocycles. The summed E-state index contributed by atoms with van der Waals surface area (Å²) in [6.45, 7) is 2.81. The number of hydrogen-bond acceptors (Lipinski definition) is 29. The normalized spacial score (nSPS) is 19.5. The van der Waals surface area contributed by atoms with Gasteiger partial charge in [0.1, 0.15) is 54.0 Å². The maximum absolute atomic E-state index is 13.7. The number of hydrogen-bond donors (Lipinski definition) is 14. The molecular formula is C60H55N16O11S9+3. The van der Waals surface area contributed by atoms with Gasteiger partial charge in [0.25, 0.3) is 20.1 Å². The van der Waals surface area contributed by atoms with Gasteiger partial charge in [-0.2, -0.15) is 23.8 Å². The van der Waals surface area contributed by atoms with Crippen molar-refractivity contribution in [2.75, 3.05) is 49.5 Å². The van der Waals surface area contributed by atoms with Crippen LogP contribution in [0.4, 0.5) is 56.9 Å². The van der Waals surface area contributed by atoms with Crippen LogP contribution < -0.4 is 47.5 Å². The number of aliphatic hydroxyl groups excluding tert-OH is 2. The van der Waals surface area contributed by atoms with Crippen LogP contribution >= 0.6 is 78.7 Å².